The molecule has 0 spiro atoms. The predicted octanol–water partition coefficient (Wildman–Crippen LogP) is 1.99. The van der Waals surface area contributed by atoms with E-state index in [-0.39, 0.29) is 0 Å². The first-order valence-corrected chi connectivity index (χ1v) is 8.48. The maximum Gasteiger partial charge on any atom is 0.161 e. The van der Waals surface area contributed by atoms with Gasteiger partial charge in [0.2, 0.25) is 0 Å². The van der Waals surface area contributed by atoms with Gasteiger partial charge in [0.05, 0.1) is 13.7 Å². The molecule has 23 heavy (non-hydrogen) atoms. The van der Waals surface area contributed by atoms with Gasteiger partial charge in [0.25, 0.3) is 0 Å². The summed E-state index contributed by atoms with van der Waals surface area (Å²) >= 11 is 0. The summed E-state index contributed by atoms with van der Waals surface area (Å²) in [4.78, 5) is 4.84. The molecule has 0 aliphatic carbocycles. The summed E-state index contributed by atoms with van der Waals surface area (Å²) in [6.45, 7) is 9.06. The normalized spacial score (nSPS) is 20.5. The first-order valence-electron chi connectivity index (χ1n) is 8.48. The van der Waals surface area contributed by atoms with Gasteiger partial charge in [-0.2, -0.15) is 0 Å². The van der Waals surface area contributed by atoms with Gasteiger partial charge in [-0.15, -0.1) is 0 Å². The third-order valence-electron chi connectivity index (χ3n) is 4.36. The van der Waals surface area contributed by atoms with Crippen LogP contribution < -0.4 is 14.8 Å². The van der Waals surface area contributed by atoms with E-state index in [0.29, 0.717) is 18.7 Å². The number of nitrogens with one attached hydrogen (secondary N) is 1. The lowest BCUT2D eigenvalue weighted by molar-refractivity contribution is 0.0966. The third-order valence-corrected chi connectivity index (χ3v) is 4.36. The highest BCUT2D eigenvalue weighted by atomic mass is 16.5. The van der Waals surface area contributed by atoms with E-state index in [2.05, 4.69) is 48.3 Å². The minimum absolute atomic E-state index is 0.353. The molecule has 5 heteroatoms. The summed E-state index contributed by atoms with van der Waals surface area (Å²) in [5.41, 5.74) is 1.28. The van der Waals surface area contributed by atoms with Gasteiger partial charge in [0.1, 0.15) is 0 Å². The van der Waals surface area contributed by atoms with Crippen LogP contribution in [0.25, 0.3) is 0 Å². The highest BCUT2D eigenvalue weighted by Crippen LogP contribution is 2.33. The van der Waals surface area contributed by atoms with E-state index in [0.717, 1.165) is 37.7 Å². The highest BCUT2D eigenvalue weighted by molar-refractivity contribution is 5.44. The molecule has 1 aliphatic rings. The molecule has 0 bridgehead atoms. The van der Waals surface area contributed by atoms with Crippen LogP contribution in [0.4, 0.5) is 0 Å². The van der Waals surface area contributed by atoms with Crippen LogP contribution >= 0.6 is 0 Å². The number of hydrogen-bond acceptors (Lipinski definition) is 5. The molecule has 2 atom stereocenters. The lowest BCUT2D eigenvalue weighted by atomic mass is 10.0. The van der Waals surface area contributed by atoms with Crippen molar-refractivity contribution in [1.29, 1.82) is 0 Å². The minimum atomic E-state index is 0.353. The molecule has 1 aromatic carbocycles. The summed E-state index contributed by atoms with van der Waals surface area (Å²) < 4.78 is 11.2. The van der Waals surface area contributed by atoms with Crippen LogP contribution in [0.3, 0.4) is 0 Å². The Balaban J connectivity index is 2.30. The minimum Gasteiger partial charge on any atom is -0.493 e. The van der Waals surface area contributed by atoms with Crippen LogP contribution in [-0.4, -0.2) is 69.8 Å². The van der Waals surface area contributed by atoms with E-state index >= 15 is 0 Å². The van der Waals surface area contributed by atoms with Gasteiger partial charge in [-0.05, 0) is 45.6 Å². The van der Waals surface area contributed by atoms with Gasteiger partial charge < -0.3 is 19.7 Å². The van der Waals surface area contributed by atoms with Crippen molar-refractivity contribution >= 4 is 0 Å². The fourth-order valence-corrected chi connectivity index (χ4v) is 3.23. The number of rotatable bonds is 7. The lowest BCUT2D eigenvalue weighted by Gasteiger charge is -2.41. The summed E-state index contributed by atoms with van der Waals surface area (Å²) in [6.07, 6.45) is 0. The molecule has 1 fully saturated rings. The Kier molecular flexibility index (Phi) is 6.69. The molecule has 0 saturated carbocycles. The molecule has 1 aliphatic heterocycles. The number of benzene rings is 1. The van der Waals surface area contributed by atoms with Gasteiger partial charge in [0.15, 0.2) is 11.5 Å². The molecule has 1 saturated heterocycles. The SMILES string of the molecule is CCOc1ccc(C(CN(C)C)N2CCNCC2C)cc1OC. The smallest absolute Gasteiger partial charge is 0.161 e. The average Bonchev–Trinajstić information content (AvgIpc) is 2.54. The summed E-state index contributed by atoms with van der Waals surface area (Å²) in [5.74, 6) is 1.63. The molecule has 0 aromatic heterocycles. The number of nitrogens with zero attached hydrogens (tertiary/aromatic N) is 2. The first kappa shape index (κ1) is 18.0. The van der Waals surface area contributed by atoms with Crippen LogP contribution in [0.5, 0.6) is 11.5 Å². The monoisotopic (exact) mass is 321 g/mol. The number of ether oxygens (including phenoxy) is 2. The average molecular weight is 321 g/mol. The Morgan fingerprint density at radius 3 is 2.74 bits per heavy atom. The highest BCUT2D eigenvalue weighted by Gasteiger charge is 2.28. The number of methoxy groups -OCH3 is 1. The standard InChI is InChI=1S/C18H31N3O2/c1-6-23-17-8-7-15(11-18(17)22-5)16(13-20(3)4)21-10-9-19-12-14(21)2/h7-8,11,14,16,19H,6,9-10,12-13H2,1-5H3. The molecular weight excluding hydrogens is 290 g/mol. The fourth-order valence-electron chi connectivity index (χ4n) is 3.23. The Morgan fingerprint density at radius 1 is 1.35 bits per heavy atom. The summed E-state index contributed by atoms with van der Waals surface area (Å²) in [7, 11) is 5.97. The van der Waals surface area contributed by atoms with Crippen molar-refractivity contribution in [2.45, 2.75) is 25.9 Å². The zero-order valence-electron chi connectivity index (χ0n) is 15.1. The number of piperazine rings is 1. The first-order chi connectivity index (χ1) is 11.1. The second-order valence-corrected chi connectivity index (χ2v) is 6.41. The van der Waals surface area contributed by atoms with Gasteiger partial charge >= 0.3 is 0 Å². The zero-order valence-corrected chi connectivity index (χ0v) is 15.1. The fraction of sp³-hybridized carbons (Fsp3) is 0.667. The maximum absolute atomic E-state index is 5.65. The topological polar surface area (TPSA) is 37.0 Å². The van der Waals surface area contributed by atoms with E-state index < -0.39 is 0 Å². The molecule has 1 heterocycles. The second-order valence-electron chi connectivity index (χ2n) is 6.41. The van der Waals surface area contributed by atoms with Crippen molar-refractivity contribution in [2.24, 2.45) is 0 Å². The van der Waals surface area contributed by atoms with Gasteiger partial charge in [0, 0.05) is 38.3 Å². The largest absolute Gasteiger partial charge is 0.493 e. The van der Waals surface area contributed by atoms with Gasteiger partial charge in [-0.25, -0.2) is 0 Å². The summed E-state index contributed by atoms with van der Waals surface area (Å²) in [5, 5.41) is 3.47. The molecule has 5 nitrogen and oxygen atoms in total. The molecule has 1 aromatic rings. The molecule has 130 valence electrons. The Labute approximate surface area is 140 Å². The number of likely N-dealkylation sites (N-methyl/N-ethyl adjacent to an activating group) is 1. The molecule has 1 N–H and O–H groups in total. The molecular formula is C18H31N3O2. The van der Waals surface area contributed by atoms with Gasteiger partial charge in [-0.1, -0.05) is 6.07 Å². The molecule has 2 unspecified atom stereocenters. The predicted molar refractivity (Wildman–Crippen MR) is 94.5 cm³/mol. The Morgan fingerprint density at radius 2 is 2.13 bits per heavy atom. The molecule has 0 radical (unpaired) electrons. The van der Waals surface area contributed by atoms with E-state index in [1.54, 1.807) is 7.11 Å². The van der Waals surface area contributed by atoms with Crippen LogP contribution in [0, 0.1) is 0 Å². The van der Waals surface area contributed by atoms with Crippen molar-refractivity contribution in [3.63, 3.8) is 0 Å². The van der Waals surface area contributed by atoms with Crippen LogP contribution in [0.2, 0.25) is 0 Å². The van der Waals surface area contributed by atoms with Crippen LogP contribution in [0.1, 0.15) is 25.5 Å². The Hall–Kier alpha value is -1.30. The third kappa shape index (κ3) is 4.59. The van der Waals surface area contributed by atoms with E-state index in [1.807, 2.05) is 13.0 Å². The quantitative estimate of drug-likeness (QED) is 0.831. The van der Waals surface area contributed by atoms with E-state index in [9.17, 15) is 0 Å². The van der Waals surface area contributed by atoms with Crippen molar-refractivity contribution in [3.05, 3.63) is 23.8 Å². The summed E-state index contributed by atoms with van der Waals surface area (Å²) in [6, 6.07) is 7.22. The molecule has 0 amide bonds. The van der Waals surface area contributed by atoms with Crippen molar-refractivity contribution in [1.82, 2.24) is 15.1 Å². The maximum atomic E-state index is 5.65. The lowest BCUT2D eigenvalue weighted by Crippen LogP contribution is -2.52. The van der Waals surface area contributed by atoms with Crippen molar-refractivity contribution in [2.75, 3.05) is 54.0 Å². The van der Waals surface area contributed by atoms with Crippen LogP contribution in [-0.2, 0) is 0 Å². The van der Waals surface area contributed by atoms with Crippen molar-refractivity contribution < 1.29 is 9.47 Å². The van der Waals surface area contributed by atoms with Crippen molar-refractivity contribution in [3.8, 4) is 11.5 Å². The molecule has 2 rings (SSSR count). The van der Waals surface area contributed by atoms with E-state index in [4.69, 9.17) is 9.47 Å². The van der Waals surface area contributed by atoms with Crippen LogP contribution in [0.15, 0.2) is 18.2 Å². The second kappa shape index (κ2) is 8.52. The Bertz CT molecular complexity index is 493. The number of hydrogen-bond donors (Lipinski definition) is 1. The zero-order chi connectivity index (χ0) is 16.8. The van der Waals surface area contributed by atoms with E-state index in [1.165, 1.54) is 5.56 Å². The van der Waals surface area contributed by atoms with Gasteiger partial charge in [-0.3, -0.25) is 4.90 Å².